The van der Waals surface area contributed by atoms with Crippen molar-refractivity contribution in [3.8, 4) is 0 Å². The van der Waals surface area contributed by atoms with Crippen LogP contribution in [-0.4, -0.2) is 111 Å². The number of methoxy groups -OCH3 is 1. The number of aliphatic hydroxyl groups excluding tert-OH is 7. The van der Waals surface area contributed by atoms with Gasteiger partial charge in [0.05, 0.1) is 25.4 Å². The van der Waals surface area contributed by atoms with Gasteiger partial charge in [-0.15, -0.1) is 0 Å². The molecule has 0 saturated carbocycles. The van der Waals surface area contributed by atoms with Crippen molar-refractivity contribution in [3.63, 3.8) is 0 Å². The van der Waals surface area contributed by atoms with E-state index in [1.807, 2.05) is 0 Å². The zero-order valence-corrected chi connectivity index (χ0v) is 13.3. The topological polar surface area (TPSA) is 169 Å². The van der Waals surface area contributed by atoms with Crippen LogP contribution in [0.4, 0.5) is 0 Å². The molecule has 0 amide bonds. The lowest BCUT2D eigenvalue weighted by Crippen LogP contribution is -2.61. The van der Waals surface area contributed by atoms with E-state index in [4.69, 9.17) is 19.3 Å². The molecule has 0 spiro atoms. The van der Waals surface area contributed by atoms with E-state index in [0.717, 1.165) is 0 Å². The van der Waals surface area contributed by atoms with E-state index < -0.39 is 74.3 Å². The number of hydrogen-bond donors (Lipinski definition) is 7. The Kier molecular flexibility index (Phi) is 6.90. The van der Waals surface area contributed by atoms with Crippen LogP contribution in [0.25, 0.3) is 0 Å². The van der Waals surface area contributed by atoms with Crippen LogP contribution in [-0.2, 0) is 14.2 Å². The molecule has 10 nitrogen and oxygen atoms in total. The summed E-state index contributed by atoms with van der Waals surface area (Å²) >= 11 is 0. The summed E-state index contributed by atoms with van der Waals surface area (Å²) in [6.07, 6.45) is -11.3. The van der Waals surface area contributed by atoms with Crippen molar-refractivity contribution < 1.29 is 50.0 Å². The van der Waals surface area contributed by atoms with E-state index in [0.29, 0.717) is 0 Å². The van der Waals surface area contributed by atoms with Crippen molar-refractivity contribution in [3.05, 3.63) is 0 Å². The van der Waals surface area contributed by atoms with Crippen LogP contribution >= 0.6 is 0 Å². The quantitative estimate of drug-likeness (QED) is 0.258. The molecule has 10 heteroatoms. The van der Waals surface area contributed by atoms with Gasteiger partial charge >= 0.3 is 0 Å². The minimum Gasteiger partial charge on any atom is -0.394 e. The minimum atomic E-state index is -1.53. The van der Waals surface area contributed by atoms with Gasteiger partial charge in [-0.2, -0.15) is 0 Å². The Hall–Kier alpha value is -0.400. The molecule has 0 aromatic heterocycles. The molecule has 2 heterocycles. The zero-order valence-electron chi connectivity index (χ0n) is 13.3. The summed E-state index contributed by atoms with van der Waals surface area (Å²) in [5.41, 5.74) is 0. The molecule has 0 bridgehead atoms. The number of rotatable bonds is 5. The van der Waals surface area contributed by atoms with E-state index in [1.54, 1.807) is 0 Å². The minimum absolute atomic E-state index is 0.0731. The predicted octanol–water partition coefficient (Wildman–Crippen LogP) is -4.08. The molecule has 0 radical (unpaired) electrons. The summed E-state index contributed by atoms with van der Waals surface area (Å²) in [6, 6.07) is 0. The first-order valence-electron chi connectivity index (χ1n) is 7.81. The lowest BCUT2D eigenvalue weighted by Gasteiger charge is -2.45. The van der Waals surface area contributed by atoms with Crippen molar-refractivity contribution in [2.75, 3.05) is 20.3 Å². The van der Waals surface area contributed by atoms with Gasteiger partial charge in [-0.05, 0) is 6.42 Å². The van der Waals surface area contributed by atoms with Gasteiger partial charge in [0.25, 0.3) is 0 Å². The highest BCUT2D eigenvalue weighted by atomic mass is 16.7. The second-order valence-electron chi connectivity index (χ2n) is 6.21. The Morgan fingerprint density at radius 3 is 1.75 bits per heavy atom. The van der Waals surface area contributed by atoms with Gasteiger partial charge in [0.15, 0.2) is 6.29 Å². The van der Waals surface area contributed by atoms with Gasteiger partial charge in [0.1, 0.15) is 36.6 Å². The van der Waals surface area contributed by atoms with Gasteiger partial charge in [0, 0.05) is 13.0 Å². The van der Waals surface area contributed by atoms with Crippen molar-refractivity contribution in [2.45, 2.75) is 61.5 Å². The number of ether oxygens (including phenoxy) is 3. The average Bonchev–Trinajstić information content (AvgIpc) is 2.59. The fourth-order valence-corrected chi connectivity index (χ4v) is 3.26. The molecule has 10 atom stereocenters. The van der Waals surface area contributed by atoms with E-state index in [9.17, 15) is 30.6 Å². The monoisotopic (exact) mass is 354 g/mol. The maximum atomic E-state index is 10.3. The third kappa shape index (κ3) is 3.73. The summed E-state index contributed by atoms with van der Waals surface area (Å²) in [5.74, 6) is -0.825. The molecule has 2 rings (SSSR count). The van der Waals surface area contributed by atoms with Crippen molar-refractivity contribution in [2.24, 2.45) is 5.92 Å². The van der Waals surface area contributed by atoms with Gasteiger partial charge in [-0.25, -0.2) is 0 Å². The predicted molar refractivity (Wildman–Crippen MR) is 76.6 cm³/mol. The van der Waals surface area contributed by atoms with Crippen LogP contribution in [0, 0.1) is 5.92 Å². The van der Waals surface area contributed by atoms with E-state index in [-0.39, 0.29) is 6.42 Å². The Morgan fingerprint density at radius 2 is 1.21 bits per heavy atom. The molecule has 2 aliphatic rings. The van der Waals surface area contributed by atoms with Crippen LogP contribution in [0.5, 0.6) is 0 Å². The molecule has 0 unspecified atom stereocenters. The highest BCUT2D eigenvalue weighted by Gasteiger charge is 2.49. The Balaban J connectivity index is 2.12. The SMILES string of the molecule is CO[C@H]1O[C@H](CO)[C@@H](O)[C@H](O)[C@@H]1C[C@H]1O[C@H](CO)[C@@H](O)[C@H](O)[C@@H]1O. The second kappa shape index (κ2) is 8.32. The molecule has 2 fully saturated rings. The molecule has 2 saturated heterocycles. The Morgan fingerprint density at radius 1 is 0.708 bits per heavy atom. The first-order valence-corrected chi connectivity index (χ1v) is 7.81. The zero-order chi connectivity index (χ0) is 18.0. The maximum Gasteiger partial charge on any atom is 0.163 e. The van der Waals surface area contributed by atoms with Crippen molar-refractivity contribution in [1.82, 2.24) is 0 Å². The third-order valence-electron chi connectivity index (χ3n) is 4.74. The Bertz CT molecular complexity index is 392. The lowest BCUT2D eigenvalue weighted by molar-refractivity contribution is -0.292. The standard InChI is InChI=1S/C14H26O10/c1-22-14-5(9(17)11(19)8(4-16)24-14)2-6-10(18)13(21)12(20)7(3-15)23-6/h5-21H,2-4H2,1H3/t5-,6+,7+,8+,9+,10+,11+,12+,13+,14-/m0/s1. The van der Waals surface area contributed by atoms with Gasteiger partial charge in [0.2, 0.25) is 0 Å². The summed E-state index contributed by atoms with van der Waals surface area (Å²) in [5, 5.41) is 68.3. The first kappa shape index (κ1) is 19.9. The highest BCUT2D eigenvalue weighted by molar-refractivity contribution is 4.96. The van der Waals surface area contributed by atoms with Crippen molar-refractivity contribution in [1.29, 1.82) is 0 Å². The fraction of sp³-hybridized carbons (Fsp3) is 1.00. The van der Waals surface area contributed by atoms with E-state index in [2.05, 4.69) is 0 Å². The van der Waals surface area contributed by atoms with Gasteiger partial charge in [-0.1, -0.05) is 0 Å². The summed E-state index contributed by atoms with van der Waals surface area (Å²) < 4.78 is 15.9. The molecule has 0 aliphatic carbocycles. The normalized spacial score (nSPS) is 50.0. The van der Waals surface area contributed by atoms with Crippen LogP contribution in [0.3, 0.4) is 0 Å². The van der Waals surface area contributed by atoms with Crippen LogP contribution in [0.1, 0.15) is 6.42 Å². The smallest absolute Gasteiger partial charge is 0.163 e. The first-order chi connectivity index (χ1) is 11.3. The summed E-state index contributed by atoms with van der Waals surface area (Å²) in [7, 11) is 1.32. The average molecular weight is 354 g/mol. The second-order valence-corrected chi connectivity index (χ2v) is 6.21. The summed E-state index contributed by atoms with van der Waals surface area (Å²) in [4.78, 5) is 0. The lowest BCUT2D eigenvalue weighted by atomic mass is 9.83. The fourth-order valence-electron chi connectivity index (χ4n) is 3.26. The Labute approximate surface area is 138 Å². The van der Waals surface area contributed by atoms with Crippen LogP contribution in [0.2, 0.25) is 0 Å². The molecule has 0 aromatic rings. The molecule has 2 aliphatic heterocycles. The molecule has 24 heavy (non-hydrogen) atoms. The molecule has 7 N–H and O–H groups in total. The van der Waals surface area contributed by atoms with E-state index >= 15 is 0 Å². The molecule has 0 aromatic carbocycles. The highest BCUT2D eigenvalue weighted by Crippen LogP contribution is 2.34. The molecular weight excluding hydrogens is 328 g/mol. The number of hydrogen-bond acceptors (Lipinski definition) is 10. The third-order valence-corrected chi connectivity index (χ3v) is 4.74. The van der Waals surface area contributed by atoms with E-state index in [1.165, 1.54) is 7.11 Å². The van der Waals surface area contributed by atoms with Gasteiger partial charge in [-0.3, -0.25) is 0 Å². The van der Waals surface area contributed by atoms with Gasteiger partial charge < -0.3 is 50.0 Å². The summed E-state index contributed by atoms with van der Waals surface area (Å²) in [6.45, 7) is -1.07. The van der Waals surface area contributed by atoms with Crippen molar-refractivity contribution >= 4 is 0 Å². The largest absolute Gasteiger partial charge is 0.394 e. The maximum absolute atomic E-state index is 10.3. The number of aliphatic hydroxyl groups is 7. The molecular formula is C14H26O10. The van der Waals surface area contributed by atoms with Crippen LogP contribution < -0.4 is 0 Å². The molecule has 142 valence electrons. The van der Waals surface area contributed by atoms with Crippen LogP contribution in [0.15, 0.2) is 0 Å².